The van der Waals surface area contributed by atoms with Crippen LogP contribution in [-0.2, 0) is 57.0 Å². The molecule has 0 unspecified atom stereocenters. The standard InChI is InChI=1S/C52H50O20/c1-33(2)43(53)67-30-69-49(59)39-18-10-35(11-19-39)45(55)63-26-6-5-7-27-64-46(56)36-12-22-41(23-13-36)51(61)71-32-72-52(62)42-24-16-38(17-25-42)48(58)66-29-9-8-28-65-47(57)37-14-20-40(21-15-37)50(60)70-31-68-44(54)34(3)4/h10-25H,1,3,5-9,26-32H2,2,4H3. The molecule has 0 saturated carbocycles. The van der Waals surface area contributed by atoms with Crippen molar-refractivity contribution in [1.29, 1.82) is 0 Å². The van der Waals surface area contributed by atoms with Crippen molar-refractivity contribution in [2.24, 2.45) is 0 Å². The van der Waals surface area contributed by atoms with Crippen molar-refractivity contribution in [3.63, 3.8) is 0 Å². The fourth-order valence-electron chi connectivity index (χ4n) is 5.54. The molecule has 20 heteroatoms. The molecule has 0 bridgehead atoms. The molecular weight excluding hydrogens is 945 g/mol. The first kappa shape index (κ1) is 55.7. The molecule has 0 aromatic heterocycles. The Kier molecular flexibility index (Phi) is 22.5. The second kappa shape index (κ2) is 29.2. The molecule has 0 amide bonds. The van der Waals surface area contributed by atoms with Gasteiger partial charge in [-0.05, 0) is 143 Å². The Hall–Kier alpha value is -8.94. The fourth-order valence-corrected chi connectivity index (χ4v) is 5.54. The van der Waals surface area contributed by atoms with E-state index >= 15 is 0 Å². The summed E-state index contributed by atoms with van der Waals surface area (Å²) in [6.07, 6.45) is 2.31. The van der Waals surface area contributed by atoms with Gasteiger partial charge in [-0.25, -0.2) is 47.9 Å². The molecule has 0 radical (unpaired) electrons. The molecule has 0 spiro atoms. The maximum atomic E-state index is 12.5. The molecule has 72 heavy (non-hydrogen) atoms. The van der Waals surface area contributed by atoms with Gasteiger partial charge < -0.3 is 47.4 Å². The molecule has 0 aliphatic carbocycles. The van der Waals surface area contributed by atoms with E-state index in [-0.39, 0.29) is 82.1 Å². The Morgan fingerprint density at radius 1 is 0.278 bits per heavy atom. The summed E-state index contributed by atoms with van der Waals surface area (Å²) in [5, 5.41) is 0. The van der Waals surface area contributed by atoms with E-state index in [1.807, 2.05) is 0 Å². The van der Waals surface area contributed by atoms with Gasteiger partial charge in [0.25, 0.3) is 0 Å². The lowest BCUT2D eigenvalue weighted by Crippen LogP contribution is -2.14. The average molecular weight is 995 g/mol. The smallest absolute Gasteiger partial charge is 0.340 e. The zero-order chi connectivity index (χ0) is 52.4. The van der Waals surface area contributed by atoms with Crippen molar-refractivity contribution in [3.05, 3.63) is 166 Å². The van der Waals surface area contributed by atoms with Gasteiger partial charge in [0.2, 0.25) is 20.4 Å². The molecule has 0 aliphatic heterocycles. The van der Waals surface area contributed by atoms with Crippen LogP contribution in [0.1, 0.15) is 129 Å². The first-order valence-corrected chi connectivity index (χ1v) is 22.0. The van der Waals surface area contributed by atoms with Crippen LogP contribution in [0.4, 0.5) is 0 Å². The van der Waals surface area contributed by atoms with Crippen molar-refractivity contribution in [2.75, 3.05) is 46.8 Å². The molecule has 0 aliphatic rings. The van der Waals surface area contributed by atoms with Crippen LogP contribution < -0.4 is 0 Å². The van der Waals surface area contributed by atoms with Crippen LogP contribution in [0.2, 0.25) is 0 Å². The lowest BCUT2D eigenvalue weighted by molar-refractivity contribution is -0.148. The monoisotopic (exact) mass is 994 g/mol. The number of carbonyl (C=O) groups is 10. The van der Waals surface area contributed by atoms with Crippen LogP contribution in [0.15, 0.2) is 121 Å². The highest BCUT2D eigenvalue weighted by molar-refractivity contribution is 5.96. The quantitative estimate of drug-likeness (QED) is 0.0189. The first-order valence-electron chi connectivity index (χ1n) is 22.0. The van der Waals surface area contributed by atoms with Gasteiger partial charge in [0.05, 0.1) is 70.9 Å². The molecule has 0 atom stereocenters. The molecule has 4 aromatic carbocycles. The maximum absolute atomic E-state index is 12.5. The summed E-state index contributed by atoms with van der Waals surface area (Å²) in [7, 11) is 0. The highest BCUT2D eigenvalue weighted by Gasteiger charge is 2.17. The summed E-state index contributed by atoms with van der Waals surface area (Å²) in [6.45, 7) is 8.10. The average Bonchev–Trinajstić information content (AvgIpc) is 3.38. The third-order valence-corrected chi connectivity index (χ3v) is 9.52. The first-order chi connectivity index (χ1) is 34.5. The molecule has 0 heterocycles. The number of rotatable bonds is 27. The van der Waals surface area contributed by atoms with Gasteiger partial charge in [-0.2, -0.15) is 0 Å². The second-order valence-electron chi connectivity index (χ2n) is 15.1. The summed E-state index contributed by atoms with van der Waals surface area (Å²) in [6, 6.07) is 21.8. The number of ether oxygens (including phenoxy) is 10. The van der Waals surface area contributed by atoms with E-state index in [2.05, 4.69) is 13.2 Å². The molecule has 20 nitrogen and oxygen atoms in total. The molecule has 4 rings (SSSR count). The van der Waals surface area contributed by atoms with E-state index in [0.29, 0.717) is 32.1 Å². The van der Waals surface area contributed by atoms with E-state index in [1.165, 1.54) is 111 Å². The van der Waals surface area contributed by atoms with Crippen LogP contribution in [0.5, 0.6) is 0 Å². The number of hydrogen-bond donors (Lipinski definition) is 0. The zero-order valence-corrected chi connectivity index (χ0v) is 39.3. The number of hydrogen-bond acceptors (Lipinski definition) is 20. The van der Waals surface area contributed by atoms with E-state index < -0.39 is 80.1 Å². The van der Waals surface area contributed by atoms with Crippen LogP contribution in [-0.4, -0.2) is 106 Å². The van der Waals surface area contributed by atoms with Crippen LogP contribution in [0, 0.1) is 0 Å². The SMILES string of the molecule is C=C(C)C(=O)OCOC(=O)c1ccc(C(=O)OCCCCCOC(=O)c2ccc(C(=O)OCOC(=O)c3ccc(C(=O)OCCCCOC(=O)c4ccc(C(=O)OCOC(=O)C(=C)C)cc4)cc3)cc2)cc1. The number of esters is 10. The van der Waals surface area contributed by atoms with Crippen molar-refractivity contribution in [3.8, 4) is 0 Å². The predicted molar refractivity (Wildman–Crippen MR) is 248 cm³/mol. The lowest BCUT2D eigenvalue weighted by atomic mass is 10.1. The Balaban J connectivity index is 1.03. The second-order valence-corrected chi connectivity index (χ2v) is 15.1. The Labute approximate surface area is 412 Å². The van der Waals surface area contributed by atoms with Crippen molar-refractivity contribution in [2.45, 2.75) is 46.0 Å². The predicted octanol–water partition coefficient (Wildman–Crippen LogP) is 7.10. The van der Waals surface area contributed by atoms with Crippen LogP contribution >= 0.6 is 0 Å². The van der Waals surface area contributed by atoms with Crippen molar-refractivity contribution >= 4 is 59.7 Å². The molecule has 0 saturated heterocycles. The van der Waals surface area contributed by atoms with Gasteiger partial charge in [0, 0.05) is 11.1 Å². The van der Waals surface area contributed by atoms with E-state index in [9.17, 15) is 47.9 Å². The Bertz CT molecular complexity index is 2590. The lowest BCUT2D eigenvalue weighted by Gasteiger charge is -2.09. The minimum absolute atomic E-state index is 0.0213. The fraction of sp³-hybridized carbons (Fsp3) is 0.269. The van der Waals surface area contributed by atoms with E-state index in [1.54, 1.807) is 0 Å². The number of unbranched alkanes of at least 4 members (excludes halogenated alkanes) is 3. The van der Waals surface area contributed by atoms with Gasteiger partial charge >= 0.3 is 59.7 Å². The van der Waals surface area contributed by atoms with E-state index in [0.717, 1.165) is 0 Å². The zero-order valence-electron chi connectivity index (χ0n) is 39.3. The number of carbonyl (C=O) groups excluding carboxylic acids is 10. The van der Waals surface area contributed by atoms with Gasteiger partial charge in [-0.15, -0.1) is 0 Å². The Morgan fingerprint density at radius 3 is 0.639 bits per heavy atom. The third kappa shape index (κ3) is 18.9. The van der Waals surface area contributed by atoms with Gasteiger partial charge in [0.1, 0.15) is 0 Å². The van der Waals surface area contributed by atoms with Crippen molar-refractivity contribution in [1.82, 2.24) is 0 Å². The summed E-state index contributed by atoms with van der Waals surface area (Å²) in [5.41, 5.74) is 1.44. The largest absolute Gasteiger partial charge is 0.462 e. The number of benzene rings is 4. The molecule has 0 fully saturated rings. The van der Waals surface area contributed by atoms with Gasteiger partial charge in [-0.1, -0.05) is 13.2 Å². The molecular formula is C52H50O20. The third-order valence-electron chi connectivity index (χ3n) is 9.52. The van der Waals surface area contributed by atoms with E-state index in [4.69, 9.17) is 47.4 Å². The molecule has 378 valence electrons. The van der Waals surface area contributed by atoms with Gasteiger partial charge in [0.15, 0.2) is 0 Å². The Morgan fingerprint density at radius 2 is 0.444 bits per heavy atom. The minimum atomic E-state index is -0.832. The summed E-state index contributed by atoms with van der Waals surface area (Å²) >= 11 is 0. The summed E-state index contributed by atoms with van der Waals surface area (Å²) < 4.78 is 50.2. The van der Waals surface area contributed by atoms with Crippen LogP contribution in [0.25, 0.3) is 0 Å². The minimum Gasteiger partial charge on any atom is -0.462 e. The maximum Gasteiger partial charge on any atom is 0.340 e. The van der Waals surface area contributed by atoms with Crippen molar-refractivity contribution < 1.29 is 95.3 Å². The molecule has 0 N–H and O–H groups in total. The highest BCUT2D eigenvalue weighted by Crippen LogP contribution is 2.14. The topological polar surface area (TPSA) is 263 Å². The van der Waals surface area contributed by atoms with Gasteiger partial charge in [-0.3, -0.25) is 0 Å². The summed E-state index contributed by atoms with van der Waals surface area (Å²) in [4.78, 5) is 122. The normalized spacial score (nSPS) is 10.3. The van der Waals surface area contributed by atoms with Crippen LogP contribution in [0.3, 0.4) is 0 Å². The highest BCUT2D eigenvalue weighted by atomic mass is 16.7. The summed E-state index contributed by atoms with van der Waals surface area (Å²) in [5.74, 6) is -7.09. The molecule has 4 aromatic rings.